The van der Waals surface area contributed by atoms with Gasteiger partial charge in [0, 0.05) is 6.54 Å². The van der Waals surface area contributed by atoms with Crippen LogP contribution in [0.25, 0.3) is 0 Å². The molecule has 3 aliphatic carbocycles. The molecule has 100 valence electrons. The van der Waals surface area contributed by atoms with Gasteiger partial charge in [0.25, 0.3) is 0 Å². The smallest absolute Gasteiger partial charge is 0.319 e. The van der Waals surface area contributed by atoms with Gasteiger partial charge in [-0.2, -0.15) is 0 Å². The van der Waals surface area contributed by atoms with Gasteiger partial charge < -0.3 is 10.4 Å². The van der Waals surface area contributed by atoms with Crippen LogP contribution in [0.3, 0.4) is 0 Å². The van der Waals surface area contributed by atoms with Crippen LogP contribution in [-0.4, -0.2) is 23.5 Å². The first kappa shape index (κ1) is 12.0. The highest BCUT2D eigenvalue weighted by Crippen LogP contribution is 2.48. The van der Waals surface area contributed by atoms with E-state index in [1.807, 2.05) is 0 Å². The number of fused-ring (bicyclic) bond motifs is 2. The fourth-order valence-corrected chi connectivity index (χ4v) is 4.09. The average Bonchev–Trinajstić information content (AvgIpc) is 2.85. The maximum atomic E-state index is 12.1. The molecule has 0 spiro atoms. The number of nitrogens with one attached hydrogen (secondary N) is 1. The van der Waals surface area contributed by atoms with Crippen molar-refractivity contribution in [3.05, 3.63) is 0 Å². The normalized spacial score (nSPS) is 36.1. The third kappa shape index (κ3) is 1.73. The van der Waals surface area contributed by atoms with Gasteiger partial charge in [0.2, 0.25) is 5.91 Å². The Kier molecular flexibility index (Phi) is 2.83. The molecular weight excluding hydrogens is 230 g/mol. The van der Waals surface area contributed by atoms with Crippen molar-refractivity contribution < 1.29 is 14.7 Å². The number of aliphatic carboxylic acids is 1. The number of carboxylic acids is 1. The van der Waals surface area contributed by atoms with Gasteiger partial charge in [-0.05, 0) is 49.9 Å². The summed E-state index contributed by atoms with van der Waals surface area (Å²) in [6, 6.07) is 0. The van der Waals surface area contributed by atoms with Crippen LogP contribution in [0.2, 0.25) is 0 Å². The largest absolute Gasteiger partial charge is 0.480 e. The van der Waals surface area contributed by atoms with E-state index in [-0.39, 0.29) is 5.91 Å². The second-order valence-electron chi connectivity index (χ2n) is 6.39. The highest BCUT2D eigenvalue weighted by molar-refractivity contribution is 6.02. The van der Waals surface area contributed by atoms with Gasteiger partial charge in [-0.25, -0.2) is 0 Å². The number of hydrogen-bond acceptors (Lipinski definition) is 2. The van der Waals surface area contributed by atoms with Gasteiger partial charge in [-0.3, -0.25) is 9.59 Å². The van der Waals surface area contributed by atoms with E-state index in [0.717, 1.165) is 18.3 Å². The first-order valence-corrected chi connectivity index (χ1v) is 7.13. The molecule has 0 saturated heterocycles. The Bertz CT molecular complexity index is 375. The first-order valence-electron chi connectivity index (χ1n) is 7.13. The van der Waals surface area contributed by atoms with E-state index in [1.54, 1.807) is 0 Å². The Hall–Kier alpha value is -1.06. The van der Waals surface area contributed by atoms with E-state index in [9.17, 15) is 14.7 Å². The monoisotopic (exact) mass is 251 g/mol. The van der Waals surface area contributed by atoms with Gasteiger partial charge in [-0.15, -0.1) is 0 Å². The van der Waals surface area contributed by atoms with E-state index >= 15 is 0 Å². The Morgan fingerprint density at radius 3 is 2.44 bits per heavy atom. The van der Waals surface area contributed by atoms with Crippen LogP contribution < -0.4 is 5.32 Å². The zero-order chi connectivity index (χ0) is 12.8. The third-order valence-corrected chi connectivity index (χ3v) is 5.46. The predicted octanol–water partition coefficient (Wildman–Crippen LogP) is 1.79. The van der Waals surface area contributed by atoms with Crippen LogP contribution >= 0.6 is 0 Å². The molecule has 2 bridgehead atoms. The number of carboxylic acid groups (broad SMARTS) is 1. The Morgan fingerprint density at radius 1 is 1.22 bits per heavy atom. The summed E-state index contributed by atoms with van der Waals surface area (Å²) >= 11 is 0. The van der Waals surface area contributed by atoms with Gasteiger partial charge in [0.15, 0.2) is 0 Å². The number of amides is 1. The van der Waals surface area contributed by atoms with Gasteiger partial charge in [0.05, 0.1) is 0 Å². The summed E-state index contributed by atoms with van der Waals surface area (Å²) in [6.45, 7) is 0.690. The molecule has 0 heterocycles. The number of rotatable bonds is 4. The minimum Gasteiger partial charge on any atom is -0.480 e. The molecular formula is C14H21NO3. The van der Waals surface area contributed by atoms with Crippen LogP contribution in [0, 0.1) is 23.2 Å². The molecule has 3 rings (SSSR count). The predicted molar refractivity (Wildman–Crippen MR) is 65.9 cm³/mol. The van der Waals surface area contributed by atoms with Gasteiger partial charge in [-0.1, -0.05) is 12.8 Å². The zero-order valence-electron chi connectivity index (χ0n) is 10.7. The Labute approximate surface area is 107 Å². The quantitative estimate of drug-likeness (QED) is 0.749. The van der Waals surface area contributed by atoms with Crippen molar-refractivity contribution in [2.24, 2.45) is 23.2 Å². The van der Waals surface area contributed by atoms with Crippen molar-refractivity contribution in [1.29, 1.82) is 0 Å². The lowest BCUT2D eigenvalue weighted by molar-refractivity contribution is -0.162. The lowest BCUT2D eigenvalue weighted by atomic mass is 9.68. The molecule has 4 heteroatoms. The first-order chi connectivity index (χ1) is 8.62. The lowest BCUT2D eigenvalue weighted by Crippen LogP contribution is -2.52. The van der Waals surface area contributed by atoms with Crippen LogP contribution in [0.4, 0.5) is 0 Å². The molecule has 18 heavy (non-hydrogen) atoms. The summed E-state index contributed by atoms with van der Waals surface area (Å²) in [4.78, 5) is 23.3. The molecule has 3 fully saturated rings. The molecule has 0 aliphatic heterocycles. The third-order valence-electron chi connectivity index (χ3n) is 5.46. The molecule has 0 radical (unpaired) electrons. The molecule has 0 aromatic heterocycles. The summed E-state index contributed by atoms with van der Waals surface area (Å²) in [5.74, 6) is 1.05. The van der Waals surface area contributed by atoms with E-state index in [4.69, 9.17) is 0 Å². The van der Waals surface area contributed by atoms with Crippen molar-refractivity contribution in [2.75, 3.05) is 6.54 Å². The van der Waals surface area contributed by atoms with Crippen LogP contribution in [0.5, 0.6) is 0 Å². The summed E-state index contributed by atoms with van der Waals surface area (Å²) in [5.41, 5.74) is -1.10. The topological polar surface area (TPSA) is 66.4 Å². The van der Waals surface area contributed by atoms with Crippen LogP contribution in [0.15, 0.2) is 0 Å². The molecule has 3 aliphatic rings. The van der Waals surface area contributed by atoms with Crippen molar-refractivity contribution in [3.8, 4) is 0 Å². The minimum atomic E-state index is -1.10. The molecule has 4 nitrogen and oxygen atoms in total. The number of carbonyl (C=O) groups excluding carboxylic acids is 1. The summed E-state index contributed by atoms with van der Waals surface area (Å²) in [5, 5.41) is 12.1. The Morgan fingerprint density at radius 2 is 2.00 bits per heavy atom. The highest BCUT2D eigenvalue weighted by Gasteiger charge is 2.51. The molecule has 1 amide bonds. The van der Waals surface area contributed by atoms with Crippen LogP contribution in [0.1, 0.15) is 44.9 Å². The SMILES string of the molecule is O=C(O)C1(C(=O)NCC2CC3CCC2C3)CCC1. The molecule has 0 aromatic rings. The second-order valence-corrected chi connectivity index (χ2v) is 6.39. The minimum absolute atomic E-state index is 0.246. The van der Waals surface area contributed by atoms with Crippen molar-refractivity contribution in [1.82, 2.24) is 5.32 Å². The number of hydrogen-bond donors (Lipinski definition) is 2. The van der Waals surface area contributed by atoms with E-state index in [1.165, 1.54) is 25.7 Å². The van der Waals surface area contributed by atoms with Crippen LogP contribution in [-0.2, 0) is 9.59 Å². The molecule has 3 saturated carbocycles. The molecule has 2 N–H and O–H groups in total. The molecule has 3 atom stereocenters. The standard InChI is InChI=1S/C14H21NO3/c16-12(14(13(17)18)4-1-5-14)15-8-11-7-9-2-3-10(11)6-9/h9-11H,1-8H2,(H,15,16)(H,17,18). The summed E-state index contributed by atoms with van der Waals surface area (Å²) < 4.78 is 0. The fourth-order valence-electron chi connectivity index (χ4n) is 4.09. The fraction of sp³-hybridized carbons (Fsp3) is 0.857. The maximum Gasteiger partial charge on any atom is 0.319 e. The zero-order valence-corrected chi connectivity index (χ0v) is 10.7. The number of carbonyl (C=O) groups is 2. The molecule has 3 unspecified atom stereocenters. The van der Waals surface area contributed by atoms with Gasteiger partial charge in [0.1, 0.15) is 5.41 Å². The summed E-state index contributed by atoms with van der Waals surface area (Å²) in [7, 11) is 0. The van der Waals surface area contributed by atoms with E-state index in [0.29, 0.717) is 25.3 Å². The lowest BCUT2D eigenvalue weighted by Gasteiger charge is -2.36. The van der Waals surface area contributed by atoms with Crippen molar-refractivity contribution >= 4 is 11.9 Å². The second kappa shape index (κ2) is 4.25. The molecule has 0 aromatic carbocycles. The van der Waals surface area contributed by atoms with Gasteiger partial charge >= 0.3 is 5.97 Å². The Balaban J connectivity index is 1.54. The van der Waals surface area contributed by atoms with Crippen molar-refractivity contribution in [3.63, 3.8) is 0 Å². The highest BCUT2D eigenvalue weighted by atomic mass is 16.4. The average molecular weight is 251 g/mol. The van der Waals surface area contributed by atoms with Crippen molar-refractivity contribution in [2.45, 2.75) is 44.9 Å². The van der Waals surface area contributed by atoms with E-state index < -0.39 is 11.4 Å². The maximum absolute atomic E-state index is 12.1. The summed E-state index contributed by atoms with van der Waals surface area (Å²) in [6.07, 6.45) is 7.07. The van der Waals surface area contributed by atoms with E-state index in [2.05, 4.69) is 5.32 Å².